The van der Waals surface area contributed by atoms with Crippen molar-refractivity contribution in [1.29, 1.82) is 0 Å². The fourth-order valence-corrected chi connectivity index (χ4v) is 2.93. The summed E-state index contributed by atoms with van der Waals surface area (Å²) >= 11 is 0. The second-order valence-electron chi connectivity index (χ2n) is 6.18. The number of aryl methyl sites for hydroxylation is 1. The SMILES string of the molecule is CCN1CCN(CC(=O)Nc2ccc(OC)c(-n3nnnc3C)c2)C(=O)C1=O. The van der Waals surface area contributed by atoms with Gasteiger partial charge in [0.05, 0.1) is 7.11 Å². The molecule has 0 bridgehead atoms. The number of ether oxygens (including phenoxy) is 1. The molecule has 1 fully saturated rings. The van der Waals surface area contributed by atoms with E-state index in [4.69, 9.17) is 4.74 Å². The predicted octanol–water partition coefficient (Wildman–Crippen LogP) is -0.391. The summed E-state index contributed by atoms with van der Waals surface area (Å²) in [6.45, 7) is 4.55. The summed E-state index contributed by atoms with van der Waals surface area (Å²) in [6.07, 6.45) is 0. The number of tetrazole rings is 1. The number of aromatic nitrogens is 4. The Balaban J connectivity index is 1.72. The number of rotatable bonds is 6. The highest BCUT2D eigenvalue weighted by Crippen LogP contribution is 2.26. The van der Waals surface area contributed by atoms with Gasteiger partial charge in [0.1, 0.15) is 18.0 Å². The number of anilines is 1. The number of nitrogens with zero attached hydrogens (tertiary/aromatic N) is 6. The standard InChI is InChI=1S/C17H21N7O4/c1-4-22-7-8-23(17(27)16(22)26)10-15(25)18-12-5-6-14(28-3)13(9-12)24-11(2)19-20-21-24/h5-6,9H,4,7-8,10H2,1-3H3,(H,18,25). The second-order valence-corrected chi connectivity index (χ2v) is 6.18. The third kappa shape index (κ3) is 3.77. The number of carbonyl (C=O) groups excluding carboxylic acids is 3. The highest BCUT2D eigenvalue weighted by Gasteiger charge is 2.32. The van der Waals surface area contributed by atoms with Gasteiger partial charge in [0.25, 0.3) is 0 Å². The minimum Gasteiger partial charge on any atom is -0.494 e. The molecule has 1 aromatic carbocycles. The van der Waals surface area contributed by atoms with Crippen LogP contribution in [0.25, 0.3) is 5.69 Å². The van der Waals surface area contributed by atoms with Crippen LogP contribution < -0.4 is 10.1 Å². The fraction of sp³-hybridized carbons (Fsp3) is 0.412. The van der Waals surface area contributed by atoms with E-state index in [-0.39, 0.29) is 6.54 Å². The highest BCUT2D eigenvalue weighted by molar-refractivity contribution is 6.35. The summed E-state index contributed by atoms with van der Waals surface area (Å²) in [5, 5.41) is 14.1. The molecule has 1 N–H and O–H groups in total. The van der Waals surface area contributed by atoms with Gasteiger partial charge >= 0.3 is 11.8 Å². The molecule has 0 saturated carbocycles. The summed E-state index contributed by atoms with van der Waals surface area (Å²) in [4.78, 5) is 39.2. The Labute approximate surface area is 161 Å². The van der Waals surface area contributed by atoms with Crippen LogP contribution in [0.5, 0.6) is 5.75 Å². The van der Waals surface area contributed by atoms with Crippen molar-refractivity contribution >= 4 is 23.4 Å². The molecule has 11 nitrogen and oxygen atoms in total. The molecule has 11 heteroatoms. The molecular weight excluding hydrogens is 366 g/mol. The molecule has 28 heavy (non-hydrogen) atoms. The van der Waals surface area contributed by atoms with Crippen LogP contribution in [-0.2, 0) is 14.4 Å². The van der Waals surface area contributed by atoms with Crippen molar-refractivity contribution in [2.45, 2.75) is 13.8 Å². The Kier molecular flexibility index (Phi) is 5.52. The lowest BCUT2D eigenvalue weighted by Gasteiger charge is -2.32. The second kappa shape index (κ2) is 8.03. The average Bonchev–Trinajstić information content (AvgIpc) is 3.11. The summed E-state index contributed by atoms with van der Waals surface area (Å²) in [5.41, 5.74) is 1.05. The maximum atomic E-state index is 12.4. The first-order valence-corrected chi connectivity index (χ1v) is 8.76. The number of likely N-dealkylation sites (N-methyl/N-ethyl adjacent to an activating group) is 1. The van der Waals surface area contributed by atoms with Gasteiger partial charge in [-0.2, -0.15) is 4.68 Å². The van der Waals surface area contributed by atoms with Crippen molar-refractivity contribution in [3.8, 4) is 11.4 Å². The highest BCUT2D eigenvalue weighted by atomic mass is 16.5. The van der Waals surface area contributed by atoms with Gasteiger partial charge in [0.2, 0.25) is 5.91 Å². The zero-order valence-electron chi connectivity index (χ0n) is 15.9. The quantitative estimate of drug-likeness (QED) is 0.670. The van der Waals surface area contributed by atoms with Crippen LogP contribution in [-0.4, -0.2) is 81.0 Å². The normalized spacial score (nSPS) is 14.4. The fourth-order valence-electron chi connectivity index (χ4n) is 2.93. The molecule has 0 atom stereocenters. The number of amides is 3. The number of nitrogens with one attached hydrogen (secondary N) is 1. The predicted molar refractivity (Wildman–Crippen MR) is 97.9 cm³/mol. The molecule has 0 spiro atoms. The Morgan fingerprint density at radius 1 is 1.21 bits per heavy atom. The topological polar surface area (TPSA) is 123 Å². The molecule has 2 heterocycles. The van der Waals surface area contributed by atoms with E-state index >= 15 is 0 Å². The minimum atomic E-state index is -0.664. The van der Waals surface area contributed by atoms with Crippen molar-refractivity contribution in [3.63, 3.8) is 0 Å². The van der Waals surface area contributed by atoms with Crippen molar-refractivity contribution in [1.82, 2.24) is 30.0 Å². The zero-order valence-corrected chi connectivity index (χ0v) is 15.9. The van der Waals surface area contributed by atoms with Crippen molar-refractivity contribution in [3.05, 3.63) is 24.0 Å². The molecule has 3 amide bonds. The largest absolute Gasteiger partial charge is 0.494 e. The first kappa shape index (κ1) is 19.3. The van der Waals surface area contributed by atoms with Crippen LogP contribution in [0.1, 0.15) is 12.7 Å². The van der Waals surface area contributed by atoms with Crippen LogP contribution in [0.2, 0.25) is 0 Å². The van der Waals surface area contributed by atoms with E-state index in [0.717, 1.165) is 0 Å². The van der Waals surface area contributed by atoms with E-state index in [2.05, 4.69) is 20.8 Å². The molecule has 1 aromatic heterocycles. The van der Waals surface area contributed by atoms with Crippen LogP contribution in [0, 0.1) is 6.92 Å². The molecule has 0 unspecified atom stereocenters. The van der Waals surface area contributed by atoms with Crippen LogP contribution in [0.3, 0.4) is 0 Å². The lowest BCUT2D eigenvalue weighted by Crippen LogP contribution is -2.55. The molecule has 0 aliphatic carbocycles. The smallest absolute Gasteiger partial charge is 0.312 e. The van der Waals surface area contributed by atoms with Crippen LogP contribution in [0.4, 0.5) is 5.69 Å². The maximum Gasteiger partial charge on any atom is 0.312 e. The van der Waals surface area contributed by atoms with Crippen molar-refractivity contribution in [2.24, 2.45) is 0 Å². The van der Waals surface area contributed by atoms with E-state index < -0.39 is 17.7 Å². The van der Waals surface area contributed by atoms with Gasteiger partial charge < -0.3 is 19.9 Å². The molecule has 3 rings (SSSR count). The summed E-state index contributed by atoms with van der Waals surface area (Å²) in [6, 6.07) is 5.02. The van der Waals surface area contributed by atoms with Gasteiger partial charge in [0.15, 0.2) is 5.82 Å². The van der Waals surface area contributed by atoms with Gasteiger partial charge in [-0.3, -0.25) is 14.4 Å². The van der Waals surface area contributed by atoms with E-state index in [1.807, 2.05) is 0 Å². The average molecular weight is 387 g/mol. The minimum absolute atomic E-state index is 0.201. The summed E-state index contributed by atoms with van der Waals surface area (Å²) in [5.74, 6) is -0.564. The third-order valence-electron chi connectivity index (χ3n) is 4.43. The molecule has 1 aliphatic heterocycles. The van der Waals surface area contributed by atoms with Crippen molar-refractivity contribution < 1.29 is 19.1 Å². The van der Waals surface area contributed by atoms with E-state index in [1.54, 1.807) is 32.0 Å². The van der Waals surface area contributed by atoms with Crippen LogP contribution >= 0.6 is 0 Å². The Morgan fingerprint density at radius 3 is 2.57 bits per heavy atom. The summed E-state index contributed by atoms with van der Waals surface area (Å²) < 4.78 is 6.81. The molecular formula is C17H21N7O4. The number of hydrogen-bond donors (Lipinski definition) is 1. The Morgan fingerprint density at radius 2 is 1.93 bits per heavy atom. The van der Waals surface area contributed by atoms with E-state index in [0.29, 0.717) is 42.6 Å². The third-order valence-corrected chi connectivity index (χ3v) is 4.43. The molecule has 1 aliphatic rings. The first-order valence-electron chi connectivity index (χ1n) is 8.76. The van der Waals surface area contributed by atoms with Gasteiger partial charge in [-0.25, -0.2) is 0 Å². The lowest BCUT2D eigenvalue weighted by molar-refractivity contribution is -0.156. The molecule has 2 aromatic rings. The number of carbonyl (C=O) groups is 3. The van der Waals surface area contributed by atoms with E-state index in [1.165, 1.54) is 21.6 Å². The van der Waals surface area contributed by atoms with Gasteiger partial charge in [-0.15, -0.1) is 5.10 Å². The maximum absolute atomic E-state index is 12.4. The van der Waals surface area contributed by atoms with Gasteiger partial charge in [-0.1, -0.05) is 0 Å². The first-order chi connectivity index (χ1) is 13.4. The number of methoxy groups -OCH3 is 1. The molecule has 0 radical (unpaired) electrons. The number of hydrogen-bond acceptors (Lipinski definition) is 7. The van der Waals surface area contributed by atoms with Gasteiger partial charge in [0, 0.05) is 25.3 Å². The summed E-state index contributed by atoms with van der Waals surface area (Å²) in [7, 11) is 1.52. The Bertz CT molecular complexity index is 911. The van der Waals surface area contributed by atoms with Crippen LogP contribution in [0.15, 0.2) is 18.2 Å². The van der Waals surface area contributed by atoms with Gasteiger partial charge in [-0.05, 0) is 42.5 Å². The molecule has 1 saturated heterocycles. The number of piperazine rings is 1. The molecule has 148 valence electrons. The zero-order chi connectivity index (χ0) is 20.3. The van der Waals surface area contributed by atoms with E-state index in [9.17, 15) is 14.4 Å². The Hall–Kier alpha value is -3.50. The monoisotopic (exact) mass is 387 g/mol. The van der Waals surface area contributed by atoms with Crippen molar-refractivity contribution in [2.75, 3.05) is 38.6 Å². The lowest BCUT2D eigenvalue weighted by atomic mass is 10.2. The number of benzene rings is 1.